The smallest absolute Gasteiger partial charge is 0.164 e. The zero-order valence-corrected chi connectivity index (χ0v) is 15.7. The van der Waals surface area contributed by atoms with Crippen LogP contribution in [0.1, 0.15) is 11.3 Å². The fourth-order valence-electron chi connectivity index (χ4n) is 3.30. The molecule has 0 fully saturated rings. The molecule has 28 heavy (non-hydrogen) atoms. The number of rotatable bonds is 3. The lowest BCUT2D eigenvalue weighted by Crippen LogP contribution is -1.95. The Morgan fingerprint density at radius 2 is 1.50 bits per heavy atom. The van der Waals surface area contributed by atoms with Crippen molar-refractivity contribution in [2.45, 2.75) is 0 Å². The lowest BCUT2D eigenvalue weighted by molar-refractivity contribution is 1.14. The molecule has 0 N–H and O–H groups in total. The molecule has 0 radical (unpaired) electrons. The number of hydrogen-bond donors (Lipinski definition) is 0. The zero-order chi connectivity index (χ0) is 18.9. The topological polar surface area (TPSA) is 30.2 Å². The van der Waals surface area contributed by atoms with Gasteiger partial charge in [0, 0.05) is 16.8 Å². The van der Waals surface area contributed by atoms with Crippen molar-refractivity contribution in [1.29, 1.82) is 0 Å². The molecule has 4 heteroatoms. The normalized spacial score (nSPS) is 11.6. The number of benzene rings is 3. The Labute approximate surface area is 167 Å². The monoisotopic (exact) mass is 381 g/mol. The molecule has 134 valence electrons. The standard InChI is InChI=1S/C24H16ClN3/c25-19-13-10-17(11-14-19)12-15-21-24-27-20-8-4-5-9-23(20)28(24)16-22(26-21)18-6-2-1-3-7-18/h1-16H/b15-12+. The average molecular weight is 382 g/mol. The van der Waals surface area contributed by atoms with Gasteiger partial charge in [0.25, 0.3) is 0 Å². The van der Waals surface area contributed by atoms with Crippen molar-refractivity contribution in [1.82, 2.24) is 14.4 Å². The van der Waals surface area contributed by atoms with Gasteiger partial charge in [-0.25, -0.2) is 9.97 Å². The van der Waals surface area contributed by atoms with Crippen LogP contribution >= 0.6 is 11.6 Å². The predicted octanol–water partition coefficient (Wildman–Crippen LogP) is 6.37. The Morgan fingerprint density at radius 3 is 2.32 bits per heavy atom. The molecule has 0 bridgehead atoms. The molecular weight excluding hydrogens is 366 g/mol. The van der Waals surface area contributed by atoms with E-state index in [4.69, 9.17) is 21.6 Å². The first-order valence-electron chi connectivity index (χ1n) is 9.05. The van der Waals surface area contributed by atoms with Crippen molar-refractivity contribution in [2.75, 3.05) is 0 Å². The first-order valence-corrected chi connectivity index (χ1v) is 9.43. The van der Waals surface area contributed by atoms with E-state index >= 15 is 0 Å². The van der Waals surface area contributed by atoms with Crippen molar-refractivity contribution in [3.05, 3.63) is 101 Å². The van der Waals surface area contributed by atoms with Gasteiger partial charge in [0.1, 0.15) is 5.69 Å². The molecule has 5 aromatic rings. The van der Waals surface area contributed by atoms with Crippen molar-refractivity contribution in [3.63, 3.8) is 0 Å². The van der Waals surface area contributed by atoms with Gasteiger partial charge in [-0.05, 0) is 35.9 Å². The molecule has 3 nitrogen and oxygen atoms in total. The maximum absolute atomic E-state index is 5.99. The molecular formula is C24H16ClN3. The summed E-state index contributed by atoms with van der Waals surface area (Å²) in [6, 6.07) is 26.1. The summed E-state index contributed by atoms with van der Waals surface area (Å²) < 4.78 is 2.12. The highest BCUT2D eigenvalue weighted by Crippen LogP contribution is 2.25. The maximum atomic E-state index is 5.99. The van der Waals surface area contributed by atoms with Crippen LogP contribution in [0.4, 0.5) is 0 Å². The van der Waals surface area contributed by atoms with Crippen LogP contribution < -0.4 is 0 Å². The minimum atomic E-state index is 0.725. The fourth-order valence-corrected chi connectivity index (χ4v) is 3.42. The van der Waals surface area contributed by atoms with E-state index in [1.807, 2.05) is 72.8 Å². The molecule has 2 aromatic heterocycles. The molecule has 0 spiro atoms. The van der Waals surface area contributed by atoms with Crippen molar-refractivity contribution >= 4 is 40.4 Å². The van der Waals surface area contributed by atoms with Gasteiger partial charge in [-0.2, -0.15) is 0 Å². The van der Waals surface area contributed by atoms with Crippen molar-refractivity contribution in [2.24, 2.45) is 0 Å². The Morgan fingerprint density at radius 1 is 0.750 bits per heavy atom. The SMILES string of the molecule is Clc1ccc(/C=C/c2nc(-c3ccccc3)cn3c2nc2ccccc23)cc1. The van der Waals surface area contributed by atoms with Crippen LogP contribution in [0.15, 0.2) is 85.1 Å². The minimum absolute atomic E-state index is 0.725. The van der Waals surface area contributed by atoms with E-state index in [0.717, 1.165) is 44.2 Å². The first kappa shape index (κ1) is 16.7. The van der Waals surface area contributed by atoms with Crippen LogP contribution in [-0.2, 0) is 0 Å². The summed E-state index contributed by atoms with van der Waals surface area (Å²) in [6.07, 6.45) is 6.10. The van der Waals surface area contributed by atoms with E-state index in [0.29, 0.717) is 0 Å². The quantitative estimate of drug-likeness (QED) is 0.363. The molecule has 3 aromatic carbocycles. The highest BCUT2D eigenvalue weighted by molar-refractivity contribution is 6.30. The van der Waals surface area contributed by atoms with E-state index in [1.165, 1.54) is 0 Å². The number of aromatic nitrogens is 3. The molecule has 5 rings (SSSR count). The highest BCUT2D eigenvalue weighted by atomic mass is 35.5. The number of hydrogen-bond acceptors (Lipinski definition) is 2. The summed E-state index contributed by atoms with van der Waals surface area (Å²) in [5, 5.41) is 0.725. The van der Waals surface area contributed by atoms with Crippen LogP contribution in [0.25, 0.3) is 40.1 Å². The molecule has 0 atom stereocenters. The Kier molecular flexibility index (Phi) is 4.15. The molecule has 0 aliphatic heterocycles. The number of imidazole rings is 1. The third-order valence-corrected chi connectivity index (χ3v) is 4.94. The van der Waals surface area contributed by atoms with Crippen LogP contribution in [0.5, 0.6) is 0 Å². The van der Waals surface area contributed by atoms with E-state index in [-0.39, 0.29) is 0 Å². The summed E-state index contributed by atoms with van der Waals surface area (Å²) in [5.41, 5.74) is 6.73. The molecule has 0 aliphatic carbocycles. The van der Waals surface area contributed by atoms with Crippen molar-refractivity contribution in [3.8, 4) is 11.3 Å². The van der Waals surface area contributed by atoms with Gasteiger partial charge in [-0.1, -0.05) is 72.3 Å². The third kappa shape index (κ3) is 3.06. The number of nitrogens with zero attached hydrogens (tertiary/aromatic N) is 3. The Balaban J connectivity index is 1.72. The molecule has 0 aliphatic rings. The number of halogens is 1. The van der Waals surface area contributed by atoms with Crippen LogP contribution in [0.2, 0.25) is 5.02 Å². The van der Waals surface area contributed by atoms with Gasteiger partial charge in [0.2, 0.25) is 0 Å². The van der Waals surface area contributed by atoms with Crippen LogP contribution in [0, 0.1) is 0 Å². The van der Waals surface area contributed by atoms with E-state index < -0.39 is 0 Å². The van der Waals surface area contributed by atoms with Gasteiger partial charge >= 0.3 is 0 Å². The summed E-state index contributed by atoms with van der Waals surface area (Å²) in [6.45, 7) is 0. The zero-order valence-electron chi connectivity index (χ0n) is 15.0. The molecule has 0 saturated heterocycles. The van der Waals surface area contributed by atoms with Crippen molar-refractivity contribution < 1.29 is 0 Å². The molecule has 0 amide bonds. The first-order chi connectivity index (χ1) is 13.8. The summed E-state index contributed by atoms with van der Waals surface area (Å²) in [7, 11) is 0. The Bertz CT molecular complexity index is 1300. The molecule has 0 unspecified atom stereocenters. The average Bonchev–Trinajstić information content (AvgIpc) is 3.13. The van der Waals surface area contributed by atoms with Gasteiger partial charge in [-0.15, -0.1) is 0 Å². The lowest BCUT2D eigenvalue weighted by atomic mass is 10.1. The van der Waals surface area contributed by atoms with Crippen LogP contribution in [-0.4, -0.2) is 14.4 Å². The maximum Gasteiger partial charge on any atom is 0.164 e. The molecule has 0 saturated carbocycles. The van der Waals surface area contributed by atoms with Gasteiger partial charge < -0.3 is 0 Å². The number of para-hydroxylation sites is 2. The van der Waals surface area contributed by atoms with Gasteiger partial charge in [0.05, 0.1) is 16.7 Å². The van der Waals surface area contributed by atoms with Crippen LogP contribution in [0.3, 0.4) is 0 Å². The summed E-state index contributed by atoms with van der Waals surface area (Å²) >= 11 is 5.99. The van der Waals surface area contributed by atoms with E-state index in [9.17, 15) is 0 Å². The number of fused-ring (bicyclic) bond motifs is 3. The Hall–Kier alpha value is -3.43. The minimum Gasteiger partial charge on any atom is -0.296 e. The van der Waals surface area contributed by atoms with Gasteiger partial charge in [0.15, 0.2) is 5.65 Å². The predicted molar refractivity (Wildman–Crippen MR) is 116 cm³/mol. The third-order valence-electron chi connectivity index (χ3n) is 4.69. The fraction of sp³-hybridized carbons (Fsp3) is 0. The van der Waals surface area contributed by atoms with Gasteiger partial charge in [-0.3, -0.25) is 4.40 Å². The second-order valence-corrected chi connectivity index (χ2v) is 6.99. The summed E-state index contributed by atoms with van der Waals surface area (Å²) in [5.74, 6) is 0. The lowest BCUT2D eigenvalue weighted by Gasteiger charge is -2.06. The summed E-state index contributed by atoms with van der Waals surface area (Å²) in [4.78, 5) is 9.71. The second kappa shape index (κ2) is 6.95. The second-order valence-electron chi connectivity index (χ2n) is 6.56. The molecule has 2 heterocycles. The highest BCUT2D eigenvalue weighted by Gasteiger charge is 2.11. The largest absolute Gasteiger partial charge is 0.296 e. The van der Waals surface area contributed by atoms with E-state index in [2.05, 4.69) is 28.8 Å². The van der Waals surface area contributed by atoms with E-state index in [1.54, 1.807) is 0 Å².